The van der Waals surface area contributed by atoms with Crippen LogP contribution in [-0.2, 0) is 0 Å². The summed E-state index contributed by atoms with van der Waals surface area (Å²) >= 11 is 5.98. The van der Waals surface area contributed by atoms with Gasteiger partial charge >= 0.3 is 183 Å². The number of carbonyl (C=O) groups excluding carboxylic acids is 1. The molecule has 4 aromatic rings. The molecule has 0 bridgehead atoms. The van der Waals surface area contributed by atoms with Crippen molar-refractivity contribution in [1.82, 2.24) is 5.32 Å². The van der Waals surface area contributed by atoms with Crippen LogP contribution in [0.3, 0.4) is 0 Å². The minimum atomic E-state index is -2.49. The van der Waals surface area contributed by atoms with Crippen LogP contribution in [0.5, 0.6) is 0 Å². The Labute approximate surface area is 182 Å². The standard InChI is InChI=1S/C26H23ClNOP/c27-22-18-16-21(17-19-22)26(29)28-20-30(23-10-4-1-5-11-23,24-12-6-2-7-13-24)25-14-8-3-9-15-25/h1-19,30H,20H2,(H,28,29). The number of hydrogen-bond donors (Lipinski definition) is 1. The van der Waals surface area contributed by atoms with E-state index in [4.69, 9.17) is 11.6 Å². The Morgan fingerprint density at radius 1 is 0.633 bits per heavy atom. The molecule has 0 aliphatic heterocycles. The van der Waals surface area contributed by atoms with Crippen molar-refractivity contribution in [2.75, 3.05) is 6.29 Å². The van der Waals surface area contributed by atoms with E-state index in [1.54, 1.807) is 24.3 Å². The number of benzene rings is 4. The fourth-order valence-electron chi connectivity index (χ4n) is 3.89. The molecule has 4 heteroatoms. The molecule has 4 aromatic carbocycles. The van der Waals surface area contributed by atoms with Crippen molar-refractivity contribution in [3.8, 4) is 0 Å². The van der Waals surface area contributed by atoms with Crippen LogP contribution < -0.4 is 21.2 Å². The maximum absolute atomic E-state index is 13.0. The summed E-state index contributed by atoms with van der Waals surface area (Å²) in [6.45, 7) is 0. The van der Waals surface area contributed by atoms with Gasteiger partial charge in [-0.15, -0.1) is 0 Å². The Bertz CT molecular complexity index is 1000. The number of carbonyl (C=O) groups is 1. The number of nitrogens with one attached hydrogen (secondary N) is 1. The quantitative estimate of drug-likeness (QED) is 0.438. The van der Waals surface area contributed by atoms with Crippen LogP contribution in [0.15, 0.2) is 115 Å². The molecule has 0 heterocycles. The molecule has 2 nitrogen and oxygen atoms in total. The second kappa shape index (κ2) is 9.26. The van der Waals surface area contributed by atoms with Gasteiger partial charge in [-0.1, -0.05) is 0 Å². The first kappa shape index (κ1) is 20.3. The molecule has 150 valence electrons. The average Bonchev–Trinajstić information content (AvgIpc) is 2.82. The fraction of sp³-hybridized carbons (Fsp3) is 0.0385. The Kier molecular flexibility index (Phi) is 6.28. The van der Waals surface area contributed by atoms with Gasteiger partial charge in [0.2, 0.25) is 0 Å². The summed E-state index contributed by atoms with van der Waals surface area (Å²) in [5, 5.41) is 7.64. The van der Waals surface area contributed by atoms with E-state index >= 15 is 0 Å². The van der Waals surface area contributed by atoms with Crippen LogP contribution in [0.2, 0.25) is 5.02 Å². The van der Waals surface area contributed by atoms with Gasteiger partial charge in [-0.2, -0.15) is 0 Å². The molecular formula is C26H23ClNOP. The predicted octanol–water partition coefficient (Wildman–Crippen LogP) is 4.75. The molecule has 0 aliphatic rings. The van der Waals surface area contributed by atoms with Gasteiger partial charge in [-0.25, -0.2) is 0 Å². The summed E-state index contributed by atoms with van der Waals surface area (Å²) in [4.78, 5) is 13.0. The third kappa shape index (κ3) is 4.16. The summed E-state index contributed by atoms with van der Waals surface area (Å²) in [5.41, 5.74) is 0.608. The van der Waals surface area contributed by atoms with E-state index in [9.17, 15) is 4.79 Å². The molecule has 0 saturated heterocycles. The summed E-state index contributed by atoms with van der Waals surface area (Å²) in [5.74, 6) is -0.0914. The molecule has 4 rings (SSSR count). The molecule has 0 fully saturated rings. The van der Waals surface area contributed by atoms with Crippen LogP contribution in [0.25, 0.3) is 0 Å². The number of hydrogen-bond acceptors (Lipinski definition) is 1. The summed E-state index contributed by atoms with van der Waals surface area (Å²) in [7, 11) is -2.49. The van der Waals surface area contributed by atoms with E-state index in [0.29, 0.717) is 16.9 Å². The Balaban J connectivity index is 1.80. The number of halogens is 1. The molecule has 0 aromatic heterocycles. The van der Waals surface area contributed by atoms with E-state index in [2.05, 4.69) is 78.1 Å². The van der Waals surface area contributed by atoms with Crippen molar-refractivity contribution in [1.29, 1.82) is 0 Å². The monoisotopic (exact) mass is 431 g/mol. The zero-order chi connectivity index (χ0) is 20.8. The van der Waals surface area contributed by atoms with Gasteiger partial charge in [-0.3, -0.25) is 0 Å². The second-order valence-corrected chi connectivity index (χ2v) is 11.5. The fourth-order valence-corrected chi connectivity index (χ4v) is 8.34. The molecule has 0 aliphatic carbocycles. The SMILES string of the molecule is O=C(NC[PH](c1ccccc1)(c1ccccc1)c1ccccc1)c1ccc(Cl)cc1. The van der Waals surface area contributed by atoms with Gasteiger partial charge in [0.15, 0.2) is 0 Å². The summed E-state index contributed by atoms with van der Waals surface area (Å²) in [6, 6.07) is 38.6. The maximum atomic E-state index is 13.0. The molecule has 0 saturated carbocycles. The molecule has 1 N–H and O–H groups in total. The van der Waals surface area contributed by atoms with Crippen molar-refractivity contribution in [2.45, 2.75) is 0 Å². The van der Waals surface area contributed by atoms with Crippen molar-refractivity contribution >= 4 is 40.7 Å². The predicted molar refractivity (Wildman–Crippen MR) is 130 cm³/mol. The second-order valence-electron chi connectivity index (χ2n) is 7.19. The van der Waals surface area contributed by atoms with Gasteiger partial charge in [-0.05, 0) is 0 Å². The zero-order valence-corrected chi connectivity index (χ0v) is 18.2. The topological polar surface area (TPSA) is 29.1 Å². The molecule has 0 atom stereocenters. The average molecular weight is 432 g/mol. The van der Waals surface area contributed by atoms with Crippen molar-refractivity contribution < 1.29 is 4.79 Å². The van der Waals surface area contributed by atoms with Crippen LogP contribution >= 0.6 is 18.9 Å². The minimum absolute atomic E-state index is 0.0914. The Morgan fingerprint density at radius 3 is 1.43 bits per heavy atom. The van der Waals surface area contributed by atoms with E-state index in [1.807, 2.05) is 18.2 Å². The normalized spacial score (nSPS) is 11.6. The van der Waals surface area contributed by atoms with Gasteiger partial charge in [0.25, 0.3) is 0 Å². The molecule has 0 spiro atoms. The zero-order valence-electron chi connectivity index (χ0n) is 16.5. The number of rotatable bonds is 6. The van der Waals surface area contributed by atoms with E-state index in [-0.39, 0.29) is 5.91 Å². The van der Waals surface area contributed by atoms with Crippen LogP contribution in [0, 0.1) is 0 Å². The van der Waals surface area contributed by atoms with Gasteiger partial charge < -0.3 is 0 Å². The van der Waals surface area contributed by atoms with Gasteiger partial charge in [0.1, 0.15) is 0 Å². The first-order chi connectivity index (χ1) is 14.7. The third-order valence-corrected chi connectivity index (χ3v) is 10.3. The van der Waals surface area contributed by atoms with Gasteiger partial charge in [0, 0.05) is 0 Å². The Hall–Kier alpha value is -2.93. The van der Waals surface area contributed by atoms with Crippen LogP contribution in [0.1, 0.15) is 10.4 Å². The molecule has 30 heavy (non-hydrogen) atoms. The van der Waals surface area contributed by atoms with Crippen LogP contribution in [-0.4, -0.2) is 12.2 Å². The first-order valence-corrected chi connectivity index (χ1v) is 12.5. The molecule has 0 radical (unpaired) electrons. The van der Waals surface area contributed by atoms with Gasteiger partial charge in [0.05, 0.1) is 0 Å². The molecular weight excluding hydrogens is 409 g/mol. The van der Waals surface area contributed by atoms with E-state index in [1.165, 1.54) is 15.9 Å². The first-order valence-electron chi connectivity index (χ1n) is 9.90. The van der Waals surface area contributed by atoms with E-state index < -0.39 is 7.26 Å². The van der Waals surface area contributed by atoms with Crippen LogP contribution in [0.4, 0.5) is 0 Å². The van der Waals surface area contributed by atoms with Crippen molar-refractivity contribution in [2.24, 2.45) is 0 Å². The summed E-state index contributed by atoms with van der Waals surface area (Å²) in [6.07, 6.45) is 0.562. The summed E-state index contributed by atoms with van der Waals surface area (Å²) < 4.78 is 0. The Morgan fingerprint density at radius 2 is 1.03 bits per heavy atom. The number of amides is 1. The van der Waals surface area contributed by atoms with Crippen molar-refractivity contribution in [3.63, 3.8) is 0 Å². The van der Waals surface area contributed by atoms with E-state index in [0.717, 1.165) is 0 Å². The van der Waals surface area contributed by atoms with Crippen molar-refractivity contribution in [3.05, 3.63) is 126 Å². The molecule has 0 unspecified atom stereocenters. The molecule has 1 amide bonds. The third-order valence-electron chi connectivity index (χ3n) is 5.42.